The second kappa shape index (κ2) is 9.59. The number of ether oxygens (including phenoxy) is 1. The highest BCUT2D eigenvalue weighted by atomic mass is 16.5. The van der Waals surface area contributed by atoms with E-state index in [-0.39, 0.29) is 17.8 Å². The van der Waals surface area contributed by atoms with Crippen LogP contribution in [0.5, 0.6) is 5.75 Å². The first-order valence-corrected chi connectivity index (χ1v) is 10.6. The second-order valence-corrected chi connectivity index (χ2v) is 7.81. The largest absolute Gasteiger partial charge is 0.490 e. The summed E-state index contributed by atoms with van der Waals surface area (Å²) in [5.41, 5.74) is 1.67. The van der Waals surface area contributed by atoms with Gasteiger partial charge in [-0.05, 0) is 56.4 Å². The van der Waals surface area contributed by atoms with E-state index in [4.69, 9.17) is 9.84 Å². The van der Waals surface area contributed by atoms with Crippen molar-refractivity contribution >= 4 is 12.0 Å². The highest BCUT2D eigenvalue weighted by Crippen LogP contribution is 2.31. The highest BCUT2D eigenvalue weighted by molar-refractivity contribution is 5.86. The van der Waals surface area contributed by atoms with Crippen molar-refractivity contribution in [2.24, 2.45) is 5.92 Å². The van der Waals surface area contributed by atoms with Gasteiger partial charge in [0.2, 0.25) is 0 Å². The zero-order chi connectivity index (χ0) is 22.5. The van der Waals surface area contributed by atoms with Gasteiger partial charge in [0.25, 0.3) is 0 Å². The fourth-order valence-corrected chi connectivity index (χ4v) is 4.03. The van der Waals surface area contributed by atoms with E-state index in [1.165, 1.54) is 18.6 Å². The van der Waals surface area contributed by atoms with Gasteiger partial charge in [0.05, 0.1) is 11.8 Å². The van der Waals surface area contributed by atoms with E-state index in [1.807, 2.05) is 37.3 Å². The minimum atomic E-state index is -1.15. The van der Waals surface area contributed by atoms with Crippen molar-refractivity contribution < 1.29 is 19.4 Å². The van der Waals surface area contributed by atoms with E-state index in [0.29, 0.717) is 19.0 Å². The molecule has 1 aliphatic carbocycles. The second-order valence-electron chi connectivity index (χ2n) is 7.81. The average molecular weight is 435 g/mol. The summed E-state index contributed by atoms with van der Waals surface area (Å²) in [6.45, 7) is 3.00. The van der Waals surface area contributed by atoms with Gasteiger partial charge < -0.3 is 14.7 Å². The minimum absolute atomic E-state index is 0.0813. The van der Waals surface area contributed by atoms with Crippen LogP contribution >= 0.6 is 0 Å². The summed E-state index contributed by atoms with van der Waals surface area (Å²) >= 11 is 0. The molecule has 0 radical (unpaired) electrons. The van der Waals surface area contributed by atoms with E-state index in [2.05, 4.69) is 15.1 Å². The van der Waals surface area contributed by atoms with Crippen molar-refractivity contribution in [2.75, 3.05) is 13.1 Å². The van der Waals surface area contributed by atoms with Crippen LogP contribution in [-0.4, -0.2) is 60.9 Å². The number of hydrogen-bond donors (Lipinski definition) is 1. The number of amides is 1. The van der Waals surface area contributed by atoms with Crippen LogP contribution in [0.4, 0.5) is 4.79 Å². The van der Waals surface area contributed by atoms with Crippen molar-refractivity contribution in [1.29, 1.82) is 0 Å². The van der Waals surface area contributed by atoms with Gasteiger partial charge in [0, 0.05) is 31.0 Å². The van der Waals surface area contributed by atoms with Crippen molar-refractivity contribution in [1.82, 2.24) is 24.6 Å². The van der Waals surface area contributed by atoms with Gasteiger partial charge in [-0.2, -0.15) is 9.78 Å². The smallest absolute Gasteiger partial charge is 0.356 e. The molecule has 1 aliphatic rings. The first-order valence-electron chi connectivity index (χ1n) is 10.6. The fourth-order valence-electron chi connectivity index (χ4n) is 4.03. The Morgan fingerprint density at radius 2 is 2.12 bits per heavy atom. The predicted molar refractivity (Wildman–Crippen MR) is 116 cm³/mol. The summed E-state index contributed by atoms with van der Waals surface area (Å²) in [5.74, 6) is -0.0458. The maximum atomic E-state index is 12.7. The van der Waals surface area contributed by atoms with Crippen LogP contribution in [0.1, 0.15) is 36.7 Å². The van der Waals surface area contributed by atoms with E-state index in [1.54, 1.807) is 11.1 Å². The lowest BCUT2D eigenvalue weighted by molar-refractivity contribution is 0.0690. The van der Waals surface area contributed by atoms with Gasteiger partial charge in [0.1, 0.15) is 12.1 Å². The van der Waals surface area contributed by atoms with Crippen LogP contribution in [0.25, 0.3) is 11.3 Å². The molecule has 9 heteroatoms. The third kappa shape index (κ3) is 4.93. The maximum Gasteiger partial charge on any atom is 0.356 e. The van der Waals surface area contributed by atoms with Crippen LogP contribution in [0.3, 0.4) is 0 Å². The van der Waals surface area contributed by atoms with Gasteiger partial charge in [-0.3, -0.25) is 0 Å². The molecule has 3 aromatic rings. The summed E-state index contributed by atoms with van der Waals surface area (Å²) in [6.07, 6.45) is 7.43. The number of aromatic nitrogens is 4. The normalized spacial score (nSPS) is 17.8. The molecule has 1 saturated carbocycles. The molecule has 1 aromatic carbocycles. The molecule has 9 nitrogen and oxygen atoms in total. The Labute approximate surface area is 185 Å². The van der Waals surface area contributed by atoms with E-state index in [0.717, 1.165) is 41.0 Å². The number of nitrogens with zero attached hydrogens (tertiary/aromatic N) is 5. The molecule has 0 spiro atoms. The van der Waals surface area contributed by atoms with Gasteiger partial charge >= 0.3 is 12.0 Å². The Morgan fingerprint density at radius 1 is 1.25 bits per heavy atom. The zero-order valence-corrected chi connectivity index (χ0v) is 17.8. The molecular weight excluding hydrogens is 410 g/mol. The molecule has 0 saturated heterocycles. The van der Waals surface area contributed by atoms with E-state index < -0.39 is 5.97 Å². The third-order valence-electron chi connectivity index (χ3n) is 5.64. The van der Waals surface area contributed by atoms with Crippen LogP contribution in [0.2, 0.25) is 0 Å². The Hall–Kier alpha value is -3.75. The lowest BCUT2D eigenvalue weighted by Crippen LogP contribution is -2.38. The lowest BCUT2D eigenvalue weighted by Gasteiger charge is -2.24. The standard InChI is InChI=1S/C23H25N5O4/c1-2-27(23(31)28-11-9-21(26-28)22(29)30)14-16-6-7-19(12-16)32-18-5-3-4-17(13-18)20-8-10-24-15-25-20/h3-5,8-11,13,15-16,19H,2,6-7,12,14H2,1H3,(H,29,30)/t16-,19-/m0/s1. The Balaban J connectivity index is 1.35. The summed E-state index contributed by atoms with van der Waals surface area (Å²) in [6, 6.07) is 10.7. The predicted octanol–water partition coefficient (Wildman–Crippen LogP) is 3.58. The maximum absolute atomic E-state index is 12.7. The Kier molecular flexibility index (Phi) is 6.44. The number of carboxylic acid groups (broad SMARTS) is 1. The number of carboxylic acids is 1. The summed E-state index contributed by atoms with van der Waals surface area (Å²) in [7, 11) is 0. The Bertz CT molecular complexity index is 1080. The highest BCUT2D eigenvalue weighted by Gasteiger charge is 2.29. The first kappa shape index (κ1) is 21.5. The summed E-state index contributed by atoms with van der Waals surface area (Å²) in [5, 5.41) is 12.9. The van der Waals surface area contributed by atoms with E-state index in [9.17, 15) is 9.59 Å². The molecule has 2 atom stereocenters. The molecule has 1 fully saturated rings. The molecule has 32 heavy (non-hydrogen) atoms. The van der Waals surface area contributed by atoms with Gasteiger partial charge in [0.15, 0.2) is 5.69 Å². The number of hydrogen-bond acceptors (Lipinski definition) is 6. The zero-order valence-electron chi connectivity index (χ0n) is 17.8. The van der Waals surface area contributed by atoms with Crippen LogP contribution in [0.15, 0.2) is 55.1 Å². The number of rotatable bonds is 7. The van der Waals surface area contributed by atoms with Gasteiger partial charge in [-0.1, -0.05) is 12.1 Å². The molecule has 1 N–H and O–H groups in total. The average Bonchev–Trinajstić information content (AvgIpc) is 3.48. The molecule has 0 bridgehead atoms. The van der Waals surface area contributed by atoms with Crippen LogP contribution in [0, 0.1) is 5.92 Å². The quantitative estimate of drug-likeness (QED) is 0.604. The Morgan fingerprint density at radius 3 is 2.84 bits per heavy atom. The van der Waals surface area contributed by atoms with Crippen LogP contribution in [-0.2, 0) is 0 Å². The van der Waals surface area contributed by atoms with E-state index >= 15 is 0 Å². The molecule has 166 valence electrons. The summed E-state index contributed by atoms with van der Waals surface area (Å²) < 4.78 is 7.32. The number of aromatic carboxylic acids is 1. The molecule has 0 aliphatic heterocycles. The van der Waals surface area contributed by atoms with Crippen molar-refractivity contribution in [3.63, 3.8) is 0 Å². The molecular formula is C23H25N5O4. The minimum Gasteiger partial charge on any atom is -0.490 e. The number of carbonyl (C=O) groups is 2. The van der Waals surface area contributed by atoms with Crippen LogP contribution < -0.4 is 4.74 Å². The van der Waals surface area contributed by atoms with Crippen molar-refractivity contribution in [2.45, 2.75) is 32.3 Å². The topological polar surface area (TPSA) is 110 Å². The molecule has 0 unspecified atom stereocenters. The van der Waals surface area contributed by atoms with Gasteiger partial charge in [-0.15, -0.1) is 0 Å². The molecule has 1 amide bonds. The van der Waals surface area contributed by atoms with Crippen molar-refractivity contribution in [3.05, 3.63) is 60.8 Å². The first-order chi connectivity index (χ1) is 15.5. The summed E-state index contributed by atoms with van der Waals surface area (Å²) in [4.78, 5) is 33.7. The number of carbonyl (C=O) groups excluding carboxylic acids is 1. The fraction of sp³-hybridized carbons (Fsp3) is 0.348. The lowest BCUT2D eigenvalue weighted by atomic mass is 10.1. The third-order valence-corrected chi connectivity index (χ3v) is 5.64. The molecule has 4 rings (SSSR count). The number of benzene rings is 1. The SMILES string of the molecule is CCN(C[C@H]1CC[C@H](Oc2cccc(-c3ccncn3)c2)C1)C(=O)n1ccc(C(=O)O)n1. The van der Waals surface area contributed by atoms with Crippen molar-refractivity contribution in [3.8, 4) is 17.0 Å². The monoisotopic (exact) mass is 435 g/mol. The molecule has 2 heterocycles. The molecule has 2 aromatic heterocycles. The van der Waals surface area contributed by atoms with Gasteiger partial charge in [-0.25, -0.2) is 19.6 Å².